The number of hydrogen-bond donors (Lipinski definition) is 0. The molecule has 0 aliphatic carbocycles. The van der Waals surface area contributed by atoms with E-state index in [4.69, 9.17) is 4.74 Å². The second kappa shape index (κ2) is 7.17. The number of carbonyl (C=O) groups excluding carboxylic acids is 1. The van der Waals surface area contributed by atoms with Crippen molar-refractivity contribution >= 4 is 23.7 Å². The number of rotatable bonds is 2. The van der Waals surface area contributed by atoms with Crippen LogP contribution in [0, 0.1) is 5.92 Å². The second-order valence-electron chi connectivity index (χ2n) is 7.51. The van der Waals surface area contributed by atoms with Crippen LogP contribution in [-0.2, 0) is 16.1 Å². The number of ether oxygens (including phenoxy) is 1. The summed E-state index contributed by atoms with van der Waals surface area (Å²) in [7, 11) is 0. The van der Waals surface area contributed by atoms with Crippen molar-refractivity contribution in [1.29, 1.82) is 0 Å². The van der Waals surface area contributed by atoms with Crippen molar-refractivity contribution in [3.8, 4) is 0 Å². The van der Waals surface area contributed by atoms with Gasteiger partial charge in [0.2, 0.25) is 0 Å². The van der Waals surface area contributed by atoms with E-state index >= 15 is 0 Å². The van der Waals surface area contributed by atoms with Gasteiger partial charge in [0.15, 0.2) is 0 Å². The van der Waals surface area contributed by atoms with Gasteiger partial charge >= 0.3 is 6.09 Å². The van der Waals surface area contributed by atoms with E-state index in [0.29, 0.717) is 13.0 Å². The van der Waals surface area contributed by atoms with Crippen molar-refractivity contribution in [2.45, 2.75) is 64.5 Å². The molecule has 0 aromatic heterocycles. The lowest BCUT2D eigenvalue weighted by atomic mass is 9.96. The van der Waals surface area contributed by atoms with Crippen LogP contribution in [0.15, 0.2) is 4.40 Å². The highest BCUT2D eigenvalue weighted by molar-refractivity contribution is 7.91. The highest BCUT2D eigenvalue weighted by Gasteiger charge is 2.34. The number of alkyl halides is 1. The first-order valence-corrected chi connectivity index (χ1v) is 8.59. The van der Waals surface area contributed by atoms with Crippen LogP contribution in [0.3, 0.4) is 0 Å². The number of piperidine rings is 1. The van der Waals surface area contributed by atoms with Crippen LogP contribution in [-0.4, -0.2) is 51.4 Å². The van der Waals surface area contributed by atoms with Crippen molar-refractivity contribution in [2.24, 2.45) is 10.3 Å². The summed E-state index contributed by atoms with van der Waals surface area (Å²) in [5, 5.41) is 0. The van der Waals surface area contributed by atoms with Gasteiger partial charge in [0.25, 0.3) is 0 Å². The van der Waals surface area contributed by atoms with Crippen molar-refractivity contribution in [2.75, 3.05) is 13.1 Å². The van der Waals surface area contributed by atoms with Gasteiger partial charge in [-0.05, 0) is 48.0 Å². The highest BCUT2D eigenvalue weighted by atomic mass is 32.2. The third-order valence-corrected chi connectivity index (χ3v) is 4.48. The zero-order chi connectivity index (χ0) is 17.1. The number of hydrogen-bond acceptors (Lipinski definition) is 4. The minimum atomic E-state index is -1.39. The molecule has 1 amide bonds. The molecule has 1 fully saturated rings. The fraction of sp³-hybridized carbons (Fsp3) is 0.867. The maximum Gasteiger partial charge on any atom is 0.410 e. The molecule has 0 aromatic carbocycles. The SMILES string of the molecule is CC(C)(C)OC(=O)N1CCC(/C=N/[S@+]([O-])C(C)(C)C)C(F)C1. The Bertz CT molecular complexity index is 418. The lowest BCUT2D eigenvalue weighted by Gasteiger charge is -2.34. The van der Waals surface area contributed by atoms with Crippen molar-refractivity contribution in [1.82, 2.24) is 4.90 Å². The van der Waals surface area contributed by atoms with Gasteiger partial charge in [-0.2, -0.15) is 0 Å². The molecule has 0 bridgehead atoms. The normalized spacial score (nSPS) is 25.4. The number of carbonyl (C=O) groups is 1. The fourth-order valence-electron chi connectivity index (χ4n) is 1.87. The van der Waals surface area contributed by atoms with E-state index in [0.717, 1.165) is 0 Å². The molecule has 0 spiro atoms. The number of nitrogens with zero attached hydrogens (tertiary/aromatic N) is 2. The Morgan fingerprint density at radius 1 is 1.36 bits per heavy atom. The van der Waals surface area contributed by atoms with E-state index in [-0.39, 0.29) is 6.54 Å². The van der Waals surface area contributed by atoms with Crippen LogP contribution in [0.5, 0.6) is 0 Å². The number of amides is 1. The summed E-state index contributed by atoms with van der Waals surface area (Å²) in [4.78, 5) is 13.3. The Morgan fingerprint density at radius 2 is 1.95 bits per heavy atom. The predicted molar refractivity (Wildman–Crippen MR) is 87.2 cm³/mol. The molecule has 0 N–H and O–H groups in total. The molecule has 7 heteroatoms. The Labute approximate surface area is 135 Å². The largest absolute Gasteiger partial charge is 0.591 e. The minimum Gasteiger partial charge on any atom is -0.591 e. The van der Waals surface area contributed by atoms with Gasteiger partial charge in [0.05, 0.1) is 12.8 Å². The maximum atomic E-state index is 14.2. The zero-order valence-electron chi connectivity index (χ0n) is 14.3. The Hall–Kier alpha value is -0.820. The molecule has 1 aliphatic heterocycles. The van der Waals surface area contributed by atoms with E-state index in [9.17, 15) is 13.7 Å². The smallest absolute Gasteiger partial charge is 0.410 e. The fourth-order valence-corrected chi connectivity index (χ4v) is 2.46. The van der Waals surface area contributed by atoms with Gasteiger partial charge in [-0.1, -0.05) is 4.40 Å². The van der Waals surface area contributed by atoms with Crippen molar-refractivity contribution in [3.63, 3.8) is 0 Å². The predicted octanol–water partition coefficient (Wildman–Crippen LogP) is 3.11. The second-order valence-corrected chi connectivity index (χ2v) is 9.44. The molecule has 0 radical (unpaired) electrons. The average Bonchev–Trinajstić information content (AvgIpc) is 2.33. The van der Waals surface area contributed by atoms with E-state index in [1.807, 2.05) is 20.8 Å². The lowest BCUT2D eigenvalue weighted by molar-refractivity contribution is 0.0106. The zero-order valence-corrected chi connectivity index (χ0v) is 15.1. The topological polar surface area (TPSA) is 65.0 Å². The van der Waals surface area contributed by atoms with Crippen molar-refractivity contribution in [3.05, 3.63) is 0 Å². The lowest BCUT2D eigenvalue weighted by Crippen LogP contribution is -2.47. The molecular weight excluding hydrogens is 307 g/mol. The quantitative estimate of drug-likeness (QED) is 0.576. The van der Waals surface area contributed by atoms with Gasteiger partial charge in [-0.3, -0.25) is 0 Å². The monoisotopic (exact) mass is 334 g/mol. The van der Waals surface area contributed by atoms with Crippen LogP contribution in [0.2, 0.25) is 0 Å². The van der Waals surface area contributed by atoms with Crippen LogP contribution in [0.4, 0.5) is 9.18 Å². The molecule has 3 atom stereocenters. The van der Waals surface area contributed by atoms with E-state index in [2.05, 4.69) is 4.40 Å². The molecule has 1 heterocycles. The molecule has 0 aromatic rings. The van der Waals surface area contributed by atoms with E-state index < -0.39 is 39.9 Å². The van der Waals surface area contributed by atoms with Crippen LogP contribution in [0.25, 0.3) is 0 Å². The van der Waals surface area contributed by atoms with Gasteiger partial charge in [0.1, 0.15) is 27.9 Å². The molecule has 5 nitrogen and oxygen atoms in total. The highest BCUT2D eigenvalue weighted by Crippen LogP contribution is 2.23. The minimum absolute atomic E-state index is 0.0201. The molecule has 0 saturated carbocycles. The number of halogens is 1. The summed E-state index contributed by atoms with van der Waals surface area (Å²) in [6.07, 6.45) is 0.176. The van der Waals surface area contributed by atoms with Gasteiger partial charge < -0.3 is 14.2 Å². The molecular formula is C15H27FN2O3S. The summed E-state index contributed by atoms with van der Waals surface area (Å²) < 4.78 is 34.8. The molecule has 1 aliphatic rings. The summed E-state index contributed by atoms with van der Waals surface area (Å²) in [5.41, 5.74) is -0.592. The Morgan fingerprint density at radius 3 is 2.41 bits per heavy atom. The standard InChI is InChI=1S/C15H27FN2O3S/c1-14(2,3)21-13(19)18-8-7-11(12(16)10-18)9-17-22(20)15(4,5)6/h9,11-12H,7-8,10H2,1-6H3/b17-9+/t11?,12?,22-/m1/s1. The molecule has 2 unspecified atom stereocenters. The average molecular weight is 334 g/mol. The summed E-state index contributed by atoms with van der Waals surface area (Å²) in [6, 6.07) is 0. The first-order valence-electron chi connectivity index (χ1n) is 7.48. The third-order valence-electron chi connectivity index (χ3n) is 3.12. The summed E-state index contributed by atoms with van der Waals surface area (Å²) >= 11 is -1.39. The van der Waals surface area contributed by atoms with Gasteiger partial charge in [-0.15, -0.1) is 0 Å². The first kappa shape index (κ1) is 19.2. The summed E-state index contributed by atoms with van der Waals surface area (Å²) in [6.45, 7) is 11.2. The Kier molecular flexibility index (Phi) is 6.27. The molecule has 128 valence electrons. The number of likely N-dealkylation sites (tertiary alicyclic amines) is 1. The molecule has 1 saturated heterocycles. The molecule has 1 rings (SSSR count). The van der Waals surface area contributed by atoms with Gasteiger partial charge in [-0.25, -0.2) is 9.18 Å². The third kappa shape index (κ3) is 6.12. The van der Waals surface area contributed by atoms with Crippen LogP contribution >= 0.6 is 0 Å². The van der Waals surface area contributed by atoms with E-state index in [1.165, 1.54) is 11.1 Å². The summed E-state index contributed by atoms with van der Waals surface area (Å²) in [5.74, 6) is -0.412. The van der Waals surface area contributed by atoms with Crippen LogP contribution < -0.4 is 0 Å². The van der Waals surface area contributed by atoms with Crippen molar-refractivity contribution < 1.29 is 18.5 Å². The molecule has 22 heavy (non-hydrogen) atoms. The Balaban J connectivity index is 2.56. The van der Waals surface area contributed by atoms with Gasteiger partial charge in [0, 0.05) is 12.5 Å². The van der Waals surface area contributed by atoms with E-state index in [1.54, 1.807) is 20.8 Å². The van der Waals surface area contributed by atoms with Crippen LogP contribution in [0.1, 0.15) is 48.0 Å². The maximum absolute atomic E-state index is 14.2. The first-order chi connectivity index (χ1) is 9.90.